The Hall–Kier alpha value is -1.43. The van der Waals surface area contributed by atoms with Crippen molar-refractivity contribution in [1.82, 2.24) is 10.2 Å². The Balaban J connectivity index is 2.32. The number of likely N-dealkylation sites (N-methyl/N-ethyl adjacent to an activating group) is 1. The molecule has 0 aromatic heterocycles. The molecule has 0 atom stereocenters. The van der Waals surface area contributed by atoms with Crippen LogP contribution in [0.1, 0.15) is 29.6 Å². The van der Waals surface area contributed by atoms with Gasteiger partial charge in [-0.3, -0.25) is 19.8 Å². The molecule has 1 aromatic rings. The number of hydrogen-bond donors (Lipinski definition) is 2. The monoisotopic (exact) mass is 312 g/mol. The smallest absolute Gasteiger partial charge is 0.257 e. The number of nitrogens with zero attached hydrogens (tertiary/aromatic N) is 1. The van der Waals surface area contributed by atoms with Crippen LogP contribution in [-0.2, 0) is 4.79 Å². The lowest BCUT2D eigenvalue weighted by Crippen LogP contribution is -2.38. The Morgan fingerprint density at radius 1 is 1.19 bits per heavy atom. The van der Waals surface area contributed by atoms with Crippen molar-refractivity contribution in [3.8, 4) is 0 Å². The Labute approximate surface area is 129 Å². The molecule has 0 bridgehead atoms. The first-order valence-electron chi connectivity index (χ1n) is 6.92. The predicted octanol–water partition coefficient (Wildman–Crippen LogP) is 1.69. The van der Waals surface area contributed by atoms with E-state index in [1.807, 2.05) is 11.9 Å². The highest BCUT2D eigenvalue weighted by molar-refractivity contribution is 6.30. The maximum atomic E-state index is 11.8. The van der Waals surface area contributed by atoms with Crippen molar-refractivity contribution in [1.29, 1.82) is 0 Å². The summed E-state index contributed by atoms with van der Waals surface area (Å²) in [6.45, 7) is 1.11. The van der Waals surface area contributed by atoms with Gasteiger partial charge in [0.15, 0.2) is 0 Å². The van der Waals surface area contributed by atoms with E-state index < -0.39 is 5.91 Å². The predicted molar refractivity (Wildman–Crippen MR) is 82.4 cm³/mol. The summed E-state index contributed by atoms with van der Waals surface area (Å²) in [5.74, 6) is -0.759. The Bertz CT molecular complexity index is 462. The Kier molecular flexibility index (Phi) is 7.97. The minimum atomic E-state index is -0.426. The van der Waals surface area contributed by atoms with E-state index >= 15 is 0 Å². The van der Waals surface area contributed by atoms with E-state index in [0.29, 0.717) is 10.6 Å². The van der Waals surface area contributed by atoms with Crippen LogP contribution in [0.3, 0.4) is 0 Å². The van der Waals surface area contributed by atoms with E-state index in [0.717, 1.165) is 25.8 Å². The molecule has 0 radical (unpaired) electrons. The van der Waals surface area contributed by atoms with Crippen molar-refractivity contribution >= 4 is 23.4 Å². The number of nitrogens with one attached hydrogen (secondary N) is 1. The van der Waals surface area contributed by atoms with Gasteiger partial charge in [0.05, 0.1) is 6.54 Å². The number of carbonyl (C=O) groups excluding carboxylic acids is 2. The van der Waals surface area contributed by atoms with Crippen LogP contribution in [-0.4, -0.2) is 48.6 Å². The van der Waals surface area contributed by atoms with Gasteiger partial charge in [0.1, 0.15) is 0 Å². The second-order valence-corrected chi connectivity index (χ2v) is 5.34. The molecule has 5 nitrogen and oxygen atoms in total. The summed E-state index contributed by atoms with van der Waals surface area (Å²) in [6, 6.07) is 6.36. The van der Waals surface area contributed by atoms with Crippen molar-refractivity contribution in [3.05, 3.63) is 34.9 Å². The summed E-state index contributed by atoms with van der Waals surface area (Å²) in [6.07, 6.45) is 2.61. The average molecular weight is 313 g/mol. The average Bonchev–Trinajstić information content (AvgIpc) is 2.44. The van der Waals surface area contributed by atoms with Crippen LogP contribution >= 0.6 is 11.6 Å². The van der Waals surface area contributed by atoms with Crippen LogP contribution < -0.4 is 5.32 Å². The van der Waals surface area contributed by atoms with Crippen molar-refractivity contribution in [2.45, 2.75) is 19.3 Å². The molecule has 0 aliphatic carbocycles. The van der Waals surface area contributed by atoms with Gasteiger partial charge in [0, 0.05) is 17.2 Å². The number of aliphatic hydroxyl groups is 1. The molecule has 1 rings (SSSR count). The van der Waals surface area contributed by atoms with Gasteiger partial charge in [-0.15, -0.1) is 0 Å². The van der Waals surface area contributed by atoms with Gasteiger partial charge >= 0.3 is 0 Å². The fourth-order valence-electron chi connectivity index (χ4n) is 1.83. The summed E-state index contributed by atoms with van der Waals surface area (Å²) in [5, 5.41) is 11.6. The third-order valence-electron chi connectivity index (χ3n) is 2.97. The fourth-order valence-corrected chi connectivity index (χ4v) is 1.96. The molecule has 1 aromatic carbocycles. The topological polar surface area (TPSA) is 69.6 Å². The van der Waals surface area contributed by atoms with E-state index in [-0.39, 0.29) is 19.1 Å². The maximum absolute atomic E-state index is 11.8. The van der Waals surface area contributed by atoms with Crippen LogP contribution in [0.2, 0.25) is 5.02 Å². The highest BCUT2D eigenvalue weighted by atomic mass is 35.5. The van der Waals surface area contributed by atoms with Crippen molar-refractivity contribution in [2.24, 2.45) is 0 Å². The van der Waals surface area contributed by atoms with E-state index in [1.54, 1.807) is 24.3 Å². The van der Waals surface area contributed by atoms with Crippen molar-refractivity contribution in [3.63, 3.8) is 0 Å². The second-order valence-electron chi connectivity index (χ2n) is 4.91. The fraction of sp³-hybridized carbons (Fsp3) is 0.467. The van der Waals surface area contributed by atoms with Crippen LogP contribution in [0.5, 0.6) is 0 Å². The van der Waals surface area contributed by atoms with E-state index in [2.05, 4.69) is 5.32 Å². The van der Waals surface area contributed by atoms with Gasteiger partial charge in [0.2, 0.25) is 5.91 Å². The third-order valence-corrected chi connectivity index (χ3v) is 3.22. The van der Waals surface area contributed by atoms with Gasteiger partial charge < -0.3 is 5.11 Å². The number of rotatable bonds is 8. The number of aliphatic hydroxyl groups excluding tert-OH is 1. The highest BCUT2D eigenvalue weighted by Crippen LogP contribution is 2.09. The molecular weight excluding hydrogens is 292 g/mol. The van der Waals surface area contributed by atoms with Crippen LogP contribution in [0.4, 0.5) is 0 Å². The number of benzene rings is 1. The normalized spacial score (nSPS) is 10.7. The molecule has 116 valence electrons. The van der Waals surface area contributed by atoms with Crippen LogP contribution in [0.15, 0.2) is 24.3 Å². The first kappa shape index (κ1) is 17.6. The molecule has 0 heterocycles. The minimum absolute atomic E-state index is 0.165. The van der Waals surface area contributed by atoms with Gasteiger partial charge in [-0.05, 0) is 57.1 Å². The zero-order chi connectivity index (χ0) is 15.7. The number of imide groups is 1. The largest absolute Gasteiger partial charge is 0.396 e. The van der Waals surface area contributed by atoms with Gasteiger partial charge in [0.25, 0.3) is 5.91 Å². The first-order chi connectivity index (χ1) is 10.0. The number of hydrogen-bond acceptors (Lipinski definition) is 4. The minimum Gasteiger partial charge on any atom is -0.396 e. The molecule has 21 heavy (non-hydrogen) atoms. The lowest BCUT2D eigenvalue weighted by Gasteiger charge is -2.15. The SMILES string of the molecule is CN(CCCCCO)CC(=O)NC(=O)c1ccc(Cl)cc1. The van der Waals surface area contributed by atoms with E-state index in [4.69, 9.17) is 16.7 Å². The highest BCUT2D eigenvalue weighted by Gasteiger charge is 2.12. The van der Waals surface area contributed by atoms with Crippen LogP contribution in [0, 0.1) is 0 Å². The molecule has 2 N–H and O–H groups in total. The van der Waals surface area contributed by atoms with Crippen molar-refractivity contribution in [2.75, 3.05) is 26.7 Å². The molecule has 0 saturated heterocycles. The first-order valence-corrected chi connectivity index (χ1v) is 7.30. The lowest BCUT2D eigenvalue weighted by atomic mass is 10.2. The van der Waals surface area contributed by atoms with E-state index in [1.165, 1.54) is 0 Å². The molecule has 2 amide bonds. The van der Waals surface area contributed by atoms with Gasteiger partial charge in [-0.25, -0.2) is 0 Å². The summed E-state index contributed by atoms with van der Waals surface area (Å²) < 4.78 is 0. The van der Waals surface area contributed by atoms with Crippen molar-refractivity contribution < 1.29 is 14.7 Å². The van der Waals surface area contributed by atoms with Crippen LogP contribution in [0.25, 0.3) is 0 Å². The van der Waals surface area contributed by atoms with Gasteiger partial charge in [-0.2, -0.15) is 0 Å². The number of amides is 2. The lowest BCUT2D eigenvalue weighted by molar-refractivity contribution is -0.121. The standard InChI is InChI=1S/C15H21ClN2O3/c1-18(9-3-2-4-10-19)11-14(20)17-15(21)12-5-7-13(16)8-6-12/h5-8,19H,2-4,9-11H2,1H3,(H,17,20,21). The quantitative estimate of drug-likeness (QED) is 0.717. The zero-order valence-corrected chi connectivity index (χ0v) is 12.9. The summed E-state index contributed by atoms with van der Waals surface area (Å²) in [4.78, 5) is 25.4. The molecule has 6 heteroatoms. The molecule has 0 fully saturated rings. The summed E-state index contributed by atoms with van der Waals surface area (Å²) in [7, 11) is 1.82. The third kappa shape index (κ3) is 7.22. The summed E-state index contributed by atoms with van der Waals surface area (Å²) >= 11 is 5.74. The molecular formula is C15H21ClN2O3. The zero-order valence-electron chi connectivity index (χ0n) is 12.1. The maximum Gasteiger partial charge on any atom is 0.257 e. The van der Waals surface area contributed by atoms with E-state index in [9.17, 15) is 9.59 Å². The number of carbonyl (C=O) groups is 2. The number of halogens is 1. The number of unbranched alkanes of at least 4 members (excludes halogenated alkanes) is 2. The summed E-state index contributed by atoms with van der Waals surface area (Å²) in [5.41, 5.74) is 0.401. The Morgan fingerprint density at radius 2 is 1.86 bits per heavy atom. The van der Waals surface area contributed by atoms with Gasteiger partial charge in [-0.1, -0.05) is 11.6 Å². The Morgan fingerprint density at radius 3 is 2.48 bits per heavy atom. The molecule has 0 saturated carbocycles. The molecule has 0 unspecified atom stereocenters. The second kappa shape index (κ2) is 9.50. The molecule has 0 aliphatic rings. The molecule has 0 aliphatic heterocycles. The molecule has 0 spiro atoms.